The van der Waals surface area contributed by atoms with Crippen molar-refractivity contribution in [2.75, 3.05) is 17.9 Å². The van der Waals surface area contributed by atoms with Gasteiger partial charge in [-0.15, -0.1) is 0 Å². The monoisotopic (exact) mass is 339 g/mol. The number of para-hydroxylation sites is 2. The second-order valence-electron chi connectivity index (χ2n) is 4.37. The Bertz CT molecular complexity index is 785. The molecule has 2 rings (SSSR count). The Morgan fingerprint density at radius 2 is 2.00 bits per heavy atom. The van der Waals surface area contributed by atoms with E-state index in [4.69, 9.17) is 9.47 Å². The highest BCUT2D eigenvalue weighted by molar-refractivity contribution is 7.92. The number of aromatic nitrogens is 2. The lowest BCUT2D eigenvalue weighted by atomic mass is 10.3. The summed E-state index contributed by atoms with van der Waals surface area (Å²) in [5.74, 6) is -0.379. The van der Waals surface area contributed by atoms with Gasteiger partial charge in [0.2, 0.25) is 0 Å². The Kier molecular flexibility index (Phi) is 5.22. The number of hydrogen-bond acceptors (Lipinski definition) is 6. The molecule has 0 unspecified atom stereocenters. The number of benzene rings is 1. The molecule has 0 radical (unpaired) electrons. The lowest BCUT2D eigenvalue weighted by Gasteiger charge is -2.12. The summed E-state index contributed by atoms with van der Waals surface area (Å²) in [6.07, 6.45) is 1.11. The van der Waals surface area contributed by atoms with Crippen LogP contribution in [0.15, 0.2) is 35.5 Å². The van der Waals surface area contributed by atoms with E-state index in [1.807, 2.05) is 0 Å². The molecule has 0 aliphatic carbocycles. The first kappa shape index (κ1) is 16.8. The maximum absolute atomic E-state index is 12.5. The minimum absolute atomic E-state index is 0.129. The molecular weight excluding hydrogens is 322 g/mol. The van der Waals surface area contributed by atoms with Crippen LogP contribution in [0.1, 0.15) is 24.2 Å². The zero-order valence-electron chi connectivity index (χ0n) is 12.7. The van der Waals surface area contributed by atoms with Gasteiger partial charge in [0, 0.05) is 0 Å². The maximum Gasteiger partial charge on any atom is 0.342 e. The fraction of sp³-hybridized carbons (Fsp3) is 0.286. The average Bonchev–Trinajstić information content (AvgIpc) is 3.00. The second kappa shape index (κ2) is 7.14. The zero-order valence-corrected chi connectivity index (χ0v) is 13.5. The van der Waals surface area contributed by atoms with Crippen LogP contribution in [0.5, 0.6) is 5.75 Å². The summed E-state index contributed by atoms with van der Waals surface area (Å²) in [5, 5.41) is 5.57. The highest BCUT2D eigenvalue weighted by Crippen LogP contribution is 2.27. The predicted molar refractivity (Wildman–Crippen MR) is 83.0 cm³/mol. The Balaban J connectivity index is 2.34. The van der Waals surface area contributed by atoms with Gasteiger partial charge in [-0.3, -0.25) is 9.82 Å². The molecule has 23 heavy (non-hydrogen) atoms. The van der Waals surface area contributed by atoms with Crippen molar-refractivity contribution in [2.24, 2.45) is 0 Å². The molecule has 0 amide bonds. The number of carbonyl (C=O) groups is 1. The summed E-state index contributed by atoms with van der Waals surface area (Å²) in [5.41, 5.74) is 0.104. The molecule has 9 heteroatoms. The number of anilines is 1. The first-order valence-electron chi connectivity index (χ1n) is 6.94. The molecule has 0 spiro atoms. The van der Waals surface area contributed by atoms with E-state index >= 15 is 0 Å². The van der Waals surface area contributed by atoms with Gasteiger partial charge in [-0.1, -0.05) is 12.1 Å². The van der Waals surface area contributed by atoms with Gasteiger partial charge >= 0.3 is 5.97 Å². The minimum atomic E-state index is -4.05. The summed E-state index contributed by atoms with van der Waals surface area (Å²) in [4.78, 5) is 11.8. The molecule has 0 aliphatic rings. The number of ether oxygens (including phenoxy) is 2. The van der Waals surface area contributed by atoms with Crippen LogP contribution < -0.4 is 9.46 Å². The Morgan fingerprint density at radius 3 is 2.70 bits per heavy atom. The lowest BCUT2D eigenvalue weighted by molar-refractivity contribution is 0.0522. The number of esters is 1. The molecule has 0 saturated heterocycles. The molecule has 2 N–H and O–H groups in total. The third-order valence-electron chi connectivity index (χ3n) is 2.80. The van der Waals surface area contributed by atoms with Gasteiger partial charge in [0.25, 0.3) is 10.0 Å². The van der Waals surface area contributed by atoms with Crippen molar-refractivity contribution in [3.8, 4) is 5.75 Å². The summed E-state index contributed by atoms with van der Waals surface area (Å²) >= 11 is 0. The fourth-order valence-corrected chi connectivity index (χ4v) is 3.02. The van der Waals surface area contributed by atoms with Crippen molar-refractivity contribution in [1.29, 1.82) is 0 Å². The standard InChI is InChI=1S/C14H17N3O5S/c1-3-21-12-8-6-5-7-11(12)17-23(19,20)13-10(9-15-16-13)14(18)22-4-2/h5-9,17H,3-4H2,1-2H3,(H,15,16). The smallest absolute Gasteiger partial charge is 0.342 e. The van der Waals surface area contributed by atoms with Crippen molar-refractivity contribution >= 4 is 21.7 Å². The molecule has 124 valence electrons. The van der Waals surface area contributed by atoms with Crippen LogP contribution in [-0.4, -0.2) is 37.8 Å². The maximum atomic E-state index is 12.5. The number of aromatic amines is 1. The van der Waals surface area contributed by atoms with Crippen LogP contribution in [0.25, 0.3) is 0 Å². The van der Waals surface area contributed by atoms with E-state index in [1.165, 1.54) is 0 Å². The number of nitrogens with one attached hydrogen (secondary N) is 2. The van der Waals surface area contributed by atoms with Crippen molar-refractivity contribution in [3.63, 3.8) is 0 Å². The van der Waals surface area contributed by atoms with Gasteiger partial charge in [-0.05, 0) is 26.0 Å². The van der Waals surface area contributed by atoms with Gasteiger partial charge in [-0.25, -0.2) is 4.79 Å². The van der Waals surface area contributed by atoms with Gasteiger partial charge in [-0.2, -0.15) is 13.5 Å². The number of H-pyrrole nitrogens is 1. The first-order chi connectivity index (χ1) is 11.0. The first-order valence-corrected chi connectivity index (χ1v) is 8.43. The van der Waals surface area contributed by atoms with E-state index in [2.05, 4.69) is 14.9 Å². The summed E-state index contributed by atoms with van der Waals surface area (Å²) < 4.78 is 37.6. The minimum Gasteiger partial charge on any atom is -0.492 e. The highest BCUT2D eigenvalue weighted by Gasteiger charge is 2.26. The zero-order chi connectivity index (χ0) is 16.9. The molecule has 8 nitrogen and oxygen atoms in total. The number of hydrogen-bond donors (Lipinski definition) is 2. The van der Waals surface area contributed by atoms with Crippen LogP contribution >= 0.6 is 0 Å². The van der Waals surface area contributed by atoms with Gasteiger partial charge in [0.15, 0.2) is 5.03 Å². The molecule has 0 saturated carbocycles. The average molecular weight is 339 g/mol. The van der Waals surface area contributed by atoms with E-state index in [0.717, 1.165) is 6.20 Å². The number of sulfonamides is 1. The fourth-order valence-electron chi connectivity index (χ4n) is 1.86. The van der Waals surface area contributed by atoms with Crippen molar-refractivity contribution in [1.82, 2.24) is 10.2 Å². The van der Waals surface area contributed by atoms with Crippen molar-refractivity contribution in [3.05, 3.63) is 36.0 Å². The summed E-state index contributed by atoms with van der Waals surface area (Å²) in [6, 6.07) is 6.59. The van der Waals surface area contributed by atoms with E-state index in [-0.39, 0.29) is 22.9 Å². The van der Waals surface area contributed by atoms with Gasteiger partial charge in [0.1, 0.15) is 11.3 Å². The van der Waals surface area contributed by atoms with Crippen LogP contribution in [0.3, 0.4) is 0 Å². The SMILES string of the molecule is CCOC(=O)c1cn[nH]c1S(=O)(=O)Nc1ccccc1OCC. The van der Waals surface area contributed by atoms with Crippen LogP contribution in [0, 0.1) is 0 Å². The Hall–Kier alpha value is -2.55. The van der Waals surface area contributed by atoms with E-state index in [9.17, 15) is 13.2 Å². The highest BCUT2D eigenvalue weighted by atomic mass is 32.2. The summed E-state index contributed by atoms with van der Waals surface area (Å²) in [6.45, 7) is 3.93. The normalized spacial score (nSPS) is 11.0. The van der Waals surface area contributed by atoms with Crippen molar-refractivity contribution in [2.45, 2.75) is 18.9 Å². The quantitative estimate of drug-likeness (QED) is 0.744. The van der Waals surface area contributed by atoms with Gasteiger partial charge in [0.05, 0.1) is 25.1 Å². The molecule has 1 aromatic heterocycles. The molecule has 2 aromatic rings. The molecular formula is C14H17N3O5S. The largest absolute Gasteiger partial charge is 0.492 e. The second-order valence-corrected chi connectivity index (χ2v) is 5.99. The van der Waals surface area contributed by atoms with E-state index in [1.54, 1.807) is 38.1 Å². The molecule has 1 aromatic carbocycles. The molecule has 0 bridgehead atoms. The number of carbonyl (C=O) groups excluding carboxylic acids is 1. The Labute approximate surface area is 133 Å². The third-order valence-corrected chi connectivity index (χ3v) is 4.14. The number of rotatable bonds is 7. The van der Waals surface area contributed by atoms with Gasteiger partial charge < -0.3 is 9.47 Å². The van der Waals surface area contributed by atoms with E-state index < -0.39 is 16.0 Å². The summed E-state index contributed by atoms with van der Waals surface area (Å²) in [7, 11) is -4.05. The van der Waals surface area contributed by atoms with Crippen molar-refractivity contribution < 1.29 is 22.7 Å². The third kappa shape index (κ3) is 3.81. The van der Waals surface area contributed by atoms with Crippen LogP contribution in [-0.2, 0) is 14.8 Å². The molecule has 0 fully saturated rings. The lowest BCUT2D eigenvalue weighted by Crippen LogP contribution is -2.18. The topological polar surface area (TPSA) is 110 Å². The molecule has 1 heterocycles. The van der Waals surface area contributed by atoms with Crippen LogP contribution in [0.4, 0.5) is 5.69 Å². The molecule has 0 aliphatic heterocycles. The number of nitrogens with zero attached hydrogens (tertiary/aromatic N) is 1. The Morgan fingerprint density at radius 1 is 1.26 bits per heavy atom. The predicted octanol–water partition coefficient (Wildman–Crippen LogP) is 1.79. The van der Waals surface area contributed by atoms with E-state index in [0.29, 0.717) is 12.4 Å². The molecule has 0 atom stereocenters. The van der Waals surface area contributed by atoms with Crippen LogP contribution in [0.2, 0.25) is 0 Å².